The standard InChI is InChI=1S/C11H21N3O4/c1-5-7(10(16)17)14(4)11(18)13-8(6(2)3)9(12)15/h6-8H,5H2,1-4H3,(H2,12,15)(H,13,18)(H,16,17). The fourth-order valence-electron chi connectivity index (χ4n) is 1.56. The average Bonchev–Trinajstić information content (AvgIpc) is 2.24. The van der Waals surface area contributed by atoms with Crippen LogP contribution in [0, 0.1) is 5.92 Å². The minimum Gasteiger partial charge on any atom is -0.480 e. The average molecular weight is 259 g/mol. The third-order valence-electron chi connectivity index (χ3n) is 2.71. The molecule has 104 valence electrons. The number of carboxylic acid groups (broad SMARTS) is 1. The van der Waals surface area contributed by atoms with Crippen LogP contribution in [0.4, 0.5) is 4.79 Å². The molecule has 0 aliphatic rings. The lowest BCUT2D eigenvalue weighted by Crippen LogP contribution is -2.54. The van der Waals surface area contributed by atoms with Crippen LogP contribution in [0.25, 0.3) is 0 Å². The quantitative estimate of drug-likeness (QED) is 0.623. The van der Waals surface area contributed by atoms with E-state index in [1.54, 1.807) is 20.8 Å². The first kappa shape index (κ1) is 16.2. The van der Waals surface area contributed by atoms with Crippen LogP contribution >= 0.6 is 0 Å². The van der Waals surface area contributed by atoms with Gasteiger partial charge in [-0.1, -0.05) is 20.8 Å². The van der Waals surface area contributed by atoms with Gasteiger partial charge >= 0.3 is 12.0 Å². The highest BCUT2D eigenvalue weighted by molar-refractivity contribution is 5.88. The third kappa shape index (κ3) is 4.23. The van der Waals surface area contributed by atoms with Crippen LogP contribution in [0.15, 0.2) is 0 Å². The number of amides is 3. The first-order valence-corrected chi connectivity index (χ1v) is 5.77. The summed E-state index contributed by atoms with van der Waals surface area (Å²) in [7, 11) is 1.37. The van der Waals surface area contributed by atoms with Crippen LogP contribution in [0.2, 0.25) is 0 Å². The van der Waals surface area contributed by atoms with Crippen LogP contribution in [0.3, 0.4) is 0 Å². The fraction of sp³-hybridized carbons (Fsp3) is 0.727. The van der Waals surface area contributed by atoms with Crippen LogP contribution in [0.5, 0.6) is 0 Å². The van der Waals surface area contributed by atoms with Gasteiger partial charge in [-0.05, 0) is 12.3 Å². The van der Waals surface area contributed by atoms with Crippen molar-refractivity contribution in [3.63, 3.8) is 0 Å². The zero-order chi connectivity index (χ0) is 14.5. The number of hydrogen-bond acceptors (Lipinski definition) is 3. The van der Waals surface area contributed by atoms with E-state index in [9.17, 15) is 14.4 Å². The number of urea groups is 1. The van der Waals surface area contributed by atoms with Gasteiger partial charge in [0.05, 0.1) is 0 Å². The lowest BCUT2D eigenvalue weighted by atomic mass is 10.0. The largest absolute Gasteiger partial charge is 0.480 e. The van der Waals surface area contributed by atoms with Gasteiger partial charge in [-0.2, -0.15) is 0 Å². The summed E-state index contributed by atoms with van der Waals surface area (Å²) in [5.41, 5.74) is 5.17. The Kier molecular flexibility index (Phi) is 6.15. The lowest BCUT2D eigenvalue weighted by molar-refractivity contribution is -0.141. The minimum absolute atomic E-state index is 0.162. The van der Waals surface area contributed by atoms with E-state index in [2.05, 4.69) is 5.32 Å². The molecule has 0 bridgehead atoms. The molecule has 2 unspecified atom stereocenters. The molecule has 0 spiro atoms. The molecule has 18 heavy (non-hydrogen) atoms. The van der Waals surface area contributed by atoms with Gasteiger partial charge in [0.1, 0.15) is 12.1 Å². The summed E-state index contributed by atoms with van der Waals surface area (Å²) in [5, 5.41) is 11.4. The maximum atomic E-state index is 11.8. The second-order valence-electron chi connectivity index (χ2n) is 4.45. The Hall–Kier alpha value is -1.79. The van der Waals surface area contributed by atoms with E-state index in [-0.39, 0.29) is 12.3 Å². The number of carboxylic acids is 1. The molecule has 0 aromatic heterocycles. The molecule has 0 aliphatic heterocycles. The molecular formula is C11H21N3O4. The fourth-order valence-corrected chi connectivity index (χ4v) is 1.56. The predicted octanol–water partition coefficient (Wildman–Crippen LogP) is 0.000900. The summed E-state index contributed by atoms with van der Waals surface area (Å²) >= 11 is 0. The van der Waals surface area contributed by atoms with Crippen molar-refractivity contribution in [2.24, 2.45) is 11.7 Å². The summed E-state index contributed by atoms with van der Waals surface area (Å²) in [6.45, 7) is 5.14. The second kappa shape index (κ2) is 6.83. The Morgan fingerprint density at radius 2 is 1.83 bits per heavy atom. The predicted molar refractivity (Wildman–Crippen MR) is 65.8 cm³/mol. The van der Waals surface area contributed by atoms with Gasteiger partial charge in [0.2, 0.25) is 5.91 Å². The maximum Gasteiger partial charge on any atom is 0.326 e. The number of carbonyl (C=O) groups excluding carboxylic acids is 2. The van der Waals surface area contributed by atoms with Crippen molar-refractivity contribution < 1.29 is 19.5 Å². The van der Waals surface area contributed by atoms with E-state index in [4.69, 9.17) is 10.8 Å². The van der Waals surface area contributed by atoms with E-state index in [0.29, 0.717) is 0 Å². The van der Waals surface area contributed by atoms with E-state index in [1.165, 1.54) is 7.05 Å². The van der Waals surface area contributed by atoms with Crippen molar-refractivity contribution in [3.8, 4) is 0 Å². The van der Waals surface area contributed by atoms with Crippen LogP contribution in [-0.4, -0.2) is 47.0 Å². The Morgan fingerprint density at radius 3 is 2.11 bits per heavy atom. The number of nitrogens with one attached hydrogen (secondary N) is 1. The molecule has 7 heteroatoms. The van der Waals surface area contributed by atoms with E-state index in [1.807, 2.05) is 0 Å². The SMILES string of the molecule is CCC(C(=O)O)N(C)C(=O)NC(C(N)=O)C(C)C. The highest BCUT2D eigenvalue weighted by atomic mass is 16.4. The normalized spacial score (nSPS) is 13.8. The van der Waals surface area contributed by atoms with E-state index >= 15 is 0 Å². The molecule has 0 heterocycles. The van der Waals surface area contributed by atoms with Crippen molar-refractivity contribution in [2.45, 2.75) is 39.3 Å². The van der Waals surface area contributed by atoms with Crippen molar-refractivity contribution in [3.05, 3.63) is 0 Å². The van der Waals surface area contributed by atoms with Crippen molar-refractivity contribution >= 4 is 17.9 Å². The molecule has 0 fully saturated rings. The summed E-state index contributed by atoms with van der Waals surface area (Å²) in [6.07, 6.45) is 0.280. The lowest BCUT2D eigenvalue weighted by Gasteiger charge is -2.27. The Balaban J connectivity index is 4.74. The Morgan fingerprint density at radius 1 is 1.33 bits per heavy atom. The monoisotopic (exact) mass is 259 g/mol. The molecule has 2 atom stereocenters. The molecule has 3 amide bonds. The minimum atomic E-state index is -1.09. The van der Waals surface area contributed by atoms with E-state index in [0.717, 1.165) is 4.90 Å². The van der Waals surface area contributed by atoms with Crippen molar-refractivity contribution in [1.82, 2.24) is 10.2 Å². The Labute approximate surface area is 106 Å². The third-order valence-corrected chi connectivity index (χ3v) is 2.71. The van der Waals surface area contributed by atoms with Gasteiger partial charge in [-0.3, -0.25) is 4.79 Å². The molecule has 0 aromatic carbocycles. The summed E-state index contributed by atoms with van der Waals surface area (Å²) in [6, 6.07) is -2.36. The zero-order valence-electron chi connectivity index (χ0n) is 11.1. The van der Waals surface area contributed by atoms with Gasteiger partial charge in [-0.15, -0.1) is 0 Å². The molecular weight excluding hydrogens is 238 g/mol. The molecule has 0 saturated heterocycles. The number of hydrogen-bond donors (Lipinski definition) is 3. The molecule has 0 saturated carbocycles. The molecule has 7 nitrogen and oxygen atoms in total. The summed E-state index contributed by atoms with van der Waals surface area (Å²) in [5.74, 6) is -1.89. The van der Waals surface area contributed by atoms with Gasteiger partial charge in [0.15, 0.2) is 0 Å². The molecule has 0 aliphatic carbocycles. The summed E-state index contributed by atoms with van der Waals surface area (Å²) in [4.78, 5) is 34.9. The van der Waals surface area contributed by atoms with Crippen LogP contribution in [0.1, 0.15) is 27.2 Å². The van der Waals surface area contributed by atoms with E-state index < -0.39 is 30.0 Å². The number of primary amides is 1. The first-order valence-electron chi connectivity index (χ1n) is 5.77. The van der Waals surface area contributed by atoms with Crippen LogP contribution < -0.4 is 11.1 Å². The number of rotatable bonds is 6. The first-order chi connectivity index (χ1) is 8.22. The molecule has 0 radical (unpaired) electrons. The van der Waals surface area contributed by atoms with Crippen molar-refractivity contribution in [2.75, 3.05) is 7.05 Å². The highest BCUT2D eigenvalue weighted by Crippen LogP contribution is 2.05. The maximum absolute atomic E-state index is 11.8. The number of carbonyl (C=O) groups is 3. The van der Waals surface area contributed by atoms with Gasteiger partial charge in [0, 0.05) is 7.05 Å². The number of likely N-dealkylation sites (N-methyl/N-ethyl adjacent to an activating group) is 1. The highest BCUT2D eigenvalue weighted by Gasteiger charge is 2.28. The van der Waals surface area contributed by atoms with Gasteiger partial charge in [-0.25, -0.2) is 9.59 Å². The van der Waals surface area contributed by atoms with Crippen LogP contribution in [-0.2, 0) is 9.59 Å². The molecule has 4 N–H and O–H groups in total. The smallest absolute Gasteiger partial charge is 0.326 e. The number of aliphatic carboxylic acids is 1. The summed E-state index contributed by atoms with van der Waals surface area (Å²) < 4.78 is 0. The van der Waals surface area contributed by atoms with Gasteiger partial charge < -0.3 is 21.1 Å². The zero-order valence-corrected chi connectivity index (χ0v) is 11.1. The second-order valence-corrected chi connectivity index (χ2v) is 4.45. The van der Waals surface area contributed by atoms with Crippen molar-refractivity contribution in [1.29, 1.82) is 0 Å². The molecule has 0 rings (SSSR count). The van der Waals surface area contributed by atoms with Gasteiger partial charge in [0.25, 0.3) is 0 Å². The topological polar surface area (TPSA) is 113 Å². The Bertz CT molecular complexity index is 330. The number of nitrogens with two attached hydrogens (primary N) is 1. The number of nitrogens with zero attached hydrogens (tertiary/aromatic N) is 1. The molecule has 0 aromatic rings.